The summed E-state index contributed by atoms with van der Waals surface area (Å²) in [6.07, 6.45) is 0.0721. The number of nitrogens with zero attached hydrogens (tertiary/aromatic N) is 2. The SMILES string of the molecule is CCOc1cc(-c2nnc(NC(=O)CCCS(=O)(=O)c3ccc(Cl)cc3)o2)cc(OCC)c1OCC. The molecule has 3 aromatic rings. The topological polar surface area (TPSA) is 130 Å². The van der Waals surface area contributed by atoms with E-state index in [4.69, 9.17) is 30.2 Å². The number of ether oxygens (including phenoxy) is 3. The van der Waals surface area contributed by atoms with Crippen LogP contribution in [-0.4, -0.2) is 50.1 Å². The fourth-order valence-corrected chi connectivity index (χ4v) is 4.70. The Balaban J connectivity index is 1.66. The van der Waals surface area contributed by atoms with Gasteiger partial charge in [-0.3, -0.25) is 10.1 Å². The van der Waals surface area contributed by atoms with Gasteiger partial charge in [0.25, 0.3) is 0 Å². The van der Waals surface area contributed by atoms with Crippen molar-refractivity contribution in [2.75, 3.05) is 30.9 Å². The number of benzene rings is 2. The molecule has 1 aromatic heterocycles. The molecule has 36 heavy (non-hydrogen) atoms. The Hall–Kier alpha value is -3.31. The molecule has 0 bridgehead atoms. The summed E-state index contributed by atoms with van der Waals surface area (Å²) in [7, 11) is -3.53. The summed E-state index contributed by atoms with van der Waals surface area (Å²) in [5.74, 6) is 0.904. The molecule has 0 aliphatic rings. The first-order chi connectivity index (χ1) is 17.3. The number of carbonyl (C=O) groups is 1. The van der Waals surface area contributed by atoms with Crippen molar-refractivity contribution in [3.05, 3.63) is 41.4 Å². The quantitative estimate of drug-likeness (QED) is 0.327. The van der Waals surface area contributed by atoms with Gasteiger partial charge >= 0.3 is 6.01 Å². The first kappa shape index (κ1) is 27.3. The van der Waals surface area contributed by atoms with Crippen LogP contribution >= 0.6 is 11.6 Å². The van der Waals surface area contributed by atoms with Crippen molar-refractivity contribution in [1.82, 2.24) is 10.2 Å². The second-order valence-corrected chi connectivity index (χ2v) is 9.98. The first-order valence-electron chi connectivity index (χ1n) is 11.5. The van der Waals surface area contributed by atoms with Gasteiger partial charge in [0.2, 0.25) is 17.5 Å². The maximum absolute atomic E-state index is 12.4. The number of hydrogen-bond donors (Lipinski definition) is 1. The third-order valence-electron chi connectivity index (χ3n) is 4.82. The van der Waals surface area contributed by atoms with Gasteiger partial charge in [0.1, 0.15) is 0 Å². The Kier molecular flexibility index (Phi) is 9.54. The van der Waals surface area contributed by atoms with Crippen LogP contribution < -0.4 is 19.5 Å². The maximum atomic E-state index is 12.4. The molecule has 12 heteroatoms. The van der Waals surface area contributed by atoms with Crippen LogP contribution in [0.2, 0.25) is 5.02 Å². The lowest BCUT2D eigenvalue weighted by molar-refractivity contribution is -0.116. The summed E-state index contributed by atoms with van der Waals surface area (Å²) in [5.41, 5.74) is 0.521. The zero-order chi connectivity index (χ0) is 26.1. The highest BCUT2D eigenvalue weighted by Gasteiger charge is 2.20. The summed E-state index contributed by atoms with van der Waals surface area (Å²) in [6, 6.07) is 9.16. The molecule has 0 saturated carbocycles. The third kappa shape index (κ3) is 7.11. The van der Waals surface area contributed by atoms with Crippen LogP contribution in [0, 0.1) is 0 Å². The molecule has 0 radical (unpaired) electrons. The van der Waals surface area contributed by atoms with Crippen molar-refractivity contribution < 1.29 is 31.8 Å². The molecule has 0 aliphatic heterocycles. The predicted octanol–water partition coefficient (Wildman–Crippen LogP) is 4.78. The van der Waals surface area contributed by atoms with Gasteiger partial charge < -0.3 is 18.6 Å². The molecular weight excluding hydrogens is 510 g/mol. The number of carbonyl (C=O) groups excluding carboxylic acids is 1. The fourth-order valence-electron chi connectivity index (χ4n) is 3.27. The minimum Gasteiger partial charge on any atom is -0.490 e. The van der Waals surface area contributed by atoms with E-state index in [9.17, 15) is 13.2 Å². The number of nitrogens with one attached hydrogen (secondary N) is 1. The average Bonchev–Trinajstić information content (AvgIpc) is 3.30. The highest BCUT2D eigenvalue weighted by molar-refractivity contribution is 7.91. The lowest BCUT2D eigenvalue weighted by Gasteiger charge is -2.16. The Morgan fingerprint density at radius 2 is 1.58 bits per heavy atom. The normalized spacial score (nSPS) is 11.2. The van der Waals surface area contributed by atoms with Crippen molar-refractivity contribution in [3.8, 4) is 28.7 Å². The van der Waals surface area contributed by atoms with Gasteiger partial charge in [-0.15, -0.1) is 5.10 Å². The van der Waals surface area contributed by atoms with Gasteiger partial charge in [0.05, 0.1) is 30.5 Å². The van der Waals surface area contributed by atoms with Gasteiger partial charge in [-0.05, 0) is 63.6 Å². The Morgan fingerprint density at radius 1 is 0.972 bits per heavy atom. The van der Waals surface area contributed by atoms with Gasteiger partial charge in [-0.25, -0.2) is 8.42 Å². The molecule has 0 unspecified atom stereocenters. The van der Waals surface area contributed by atoms with E-state index < -0.39 is 15.7 Å². The lowest BCUT2D eigenvalue weighted by atomic mass is 10.2. The van der Waals surface area contributed by atoms with Crippen LogP contribution in [0.15, 0.2) is 45.7 Å². The monoisotopic (exact) mass is 537 g/mol. The van der Waals surface area contributed by atoms with Crippen LogP contribution in [-0.2, 0) is 14.6 Å². The highest BCUT2D eigenvalue weighted by atomic mass is 35.5. The van der Waals surface area contributed by atoms with Crippen molar-refractivity contribution in [3.63, 3.8) is 0 Å². The second kappa shape index (κ2) is 12.6. The third-order valence-corrected chi connectivity index (χ3v) is 6.89. The van der Waals surface area contributed by atoms with E-state index in [0.717, 1.165) is 0 Å². The number of anilines is 1. The summed E-state index contributed by atoms with van der Waals surface area (Å²) in [6.45, 7) is 6.81. The molecule has 1 amide bonds. The van der Waals surface area contributed by atoms with Crippen LogP contribution in [0.3, 0.4) is 0 Å². The zero-order valence-electron chi connectivity index (χ0n) is 20.2. The molecule has 0 saturated heterocycles. The van der Waals surface area contributed by atoms with Crippen molar-refractivity contribution >= 4 is 33.4 Å². The number of amides is 1. The second-order valence-electron chi connectivity index (χ2n) is 7.44. The van der Waals surface area contributed by atoms with E-state index >= 15 is 0 Å². The Labute approximate surface area is 214 Å². The maximum Gasteiger partial charge on any atom is 0.322 e. The summed E-state index contributed by atoms with van der Waals surface area (Å²) < 4.78 is 47.5. The number of hydrogen-bond acceptors (Lipinski definition) is 9. The molecule has 3 rings (SSSR count). The van der Waals surface area contributed by atoms with Crippen LogP contribution in [0.5, 0.6) is 17.2 Å². The first-order valence-corrected chi connectivity index (χ1v) is 13.5. The van der Waals surface area contributed by atoms with Crippen LogP contribution in [0.1, 0.15) is 33.6 Å². The van der Waals surface area contributed by atoms with Crippen LogP contribution in [0.25, 0.3) is 11.5 Å². The largest absolute Gasteiger partial charge is 0.490 e. The molecule has 0 fully saturated rings. The summed E-state index contributed by atoms with van der Waals surface area (Å²) in [4.78, 5) is 12.5. The van der Waals surface area contributed by atoms with E-state index in [1.165, 1.54) is 24.3 Å². The summed E-state index contributed by atoms with van der Waals surface area (Å²) in [5, 5.41) is 10.8. The number of rotatable bonds is 13. The van der Waals surface area contributed by atoms with Gasteiger partial charge in [0, 0.05) is 17.0 Å². The number of aromatic nitrogens is 2. The molecular formula is C24H28ClN3O7S. The van der Waals surface area contributed by atoms with E-state index in [1.807, 2.05) is 20.8 Å². The molecule has 0 atom stereocenters. The molecule has 0 spiro atoms. The Bertz CT molecular complexity index is 1250. The van der Waals surface area contributed by atoms with Gasteiger partial charge in [0.15, 0.2) is 21.3 Å². The van der Waals surface area contributed by atoms with Crippen molar-refractivity contribution in [2.24, 2.45) is 0 Å². The van der Waals surface area contributed by atoms with Gasteiger partial charge in [-0.2, -0.15) is 0 Å². The van der Waals surface area contributed by atoms with Gasteiger partial charge in [-0.1, -0.05) is 16.7 Å². The van der Waals surface area contributed by atoms with E-state index in [-0.39, 0.29) is 35.4 Å². The smallest absolute Gasteiger partial charge is 0.322 e. The van der Waals surface area contributed by atoms with Crippen molar-refractivity contribution in [1.29, 1.82) is 0 Å². The minimum atomic E-state index is -3.53. The molecule has 10 nitrogen and oxygen atoms in total. The highest BCUT2D eigenvalue weighted by Crippen LogP contribution is 2.41. The molecule has 194 valence electrons. The standard InChI is InChI=1S/C24H28ClN3O7S/c1-4-32-19-14-16(15-20(33-5-2)22(19)34-6-3)23-27-28-24(35-23)26-21(29)8-7-13-36(30,31)18-11-9-17(25)10-12-18/h9-12,14-15H,4-8,13H2,1-3H3,(H,26,28,29). The lowest BCUT2D eigenvalue weighted by Crippen LogP contribution is -2.14. The summed E-state index contributed by atoms with van der Waals surface area (Å²) >= 11 is 5.80. The molecule has 2 aromatic carbocycles. The minimum absolute atomic E-state index is 0.0451. The van der Waals surface area contributed by atoms with E-state index in [2.05, 4.69) is 15.5 Å². The van der Waals surface area contributed by atoms with E-state index in [0.29, 0.717) is 47.7 Å². The zero-order valence-corrected chi connectivity index (χ0v) is 21.8. The molecule has 0 aliphatic carbocycles. The van der Waals surface area contributed by atoms with E-state index in [1.54, 1.807) is 12.1 Å². The number of halogens is 1. The molecule has 1 heterocycles. The molecule has 1 N–H and O–H groups in total. The van der Waals surface area contributed by atoms with Crippen molar-refractivity contribution in [2.45, 2.75) is 38.5 Å². The van der Waals surface area contributed by atoms with Crippen LogP contribution in [0.4, 0.5) is 6.01 Å². The number of sulfone groups is 1. The predicted molar refractivity (Wildman–Crippen MR) is 135 cm³/mol. The average molecular weight is 538 g/mol. The Morgan fingerprint density at radius 3 is 2.17 bits per heavy atom. The fraction of sp³-hybridized carbons (Fsp3) is 0.375.